The summed E-state index contributed by atoms with van der Waals surface area (Å²) in [5.41, 5.74) is 7.44. The molecule has 0 spiro atoms. The largest absolute Gasteiger partial charge is 0.373 e. The van der Waals surface area contributed by atoms with Crippen LogP contribution in [0, 0.1) is 5.82 Å². The molecule has 1 fully saturated rings. The molecule has 0 saturated carbocycles. The zero-order valence-corrected chi connectivity index (χ0v) is 23.0. The minimum absolute atomic E-state index is 0.0227. The Morgan fingerprint density at radius 2 is 1.90 bits per heavy atom. The Kier molecular flexibility index (Phi) is 8.61. The summed E-state index contributed by atoms with van der Waals surface area (Å²) in [6.45, 7) is 1.83. The lowest BCUT2D eigenvalue weighted by Gasteiger charge is -2.25. The molecule has 4 N–H and O–H groups in total. The molecule has 10 nitrogen and oxygen atoms in total. The number of halogens is 2. The number of nitrogens with one attached hydrogen (secondary N) is 2. The summed E-state index contributed by atoms with van der Waals surface area (Å²) in [6.07, 6.45) is 2.57. The van der Waals surface area contributed by atoms with E-state index in [9.17, 15) is 18.8 Å². The van der Waals surface area contributed by atoms with E-state index in [0.29, 0.717) is 42.5 Å². The van der Waals surface area contributed by atoms with E-state index in [2.05, 4.69) is 10.6 Å². The summed E-state index contributed by atoms with van der Waals surface area (Å²) in [6, 6.07) is 8.41. The number of amides is 4. The lowest BCUT2D eigenvalue weighted by molar-refractivity contribution is -0.124. The highest BCUT2D eigenvalue weighted by Gasteiger charge is 2.34. The van der Waals surface area contributed by atoms with Crippen molar-refractivity contribution in [3.8, 4) is 0 Å². The first-order chi connectivity index (χ1) is 18.6. The molecule has 0 bridgehead atoms. The zero-order valence-electron chi connectivity index (χ0n) is 22.2. The highest BCUT2D eigenvalue weighted by Crippen LogP contribution is 2.28. The molecule has 208 valence electrons. The number of likely N-dealkylation sites (tertiary alicyclic amines) is 1. The van der Waals surface area contributed by atoms with E-state index < -0.39 is 23.9 Å². The molecule has 1 atom stereocenters. The number of fused-ring (bicyclic) bond motifs is 1. The molecule has 4 rings (SSSR count). The van der Waals surface area contributed by atoms with Crippen molar-refractivity contribution in [1.29, 1.82) is 0 Å². The van der Waals surface area contributed by atoms with Crippen molar-refractivity contribution >= 4 is 51.8 Å². The maximum absolute atomic E-state index is 14.8. The number of primary amides is 1. The van der Waals surface area contributed by atoms with Gasteiger partial charge in [-0.15, -0.1) is 0 Å². The van der Waals surface area contributed by atoms with Crippen molar-refractivity contribution < 1.29 is 18.8 Å². The van der Waals surface area contributed by atoms with Crippen LogP contribution in [0.5, 0.6) is 0 Å². The molecular weight excluding hydrogens is 525 g/mol. The van der Waals surface area contributed by atoms with Gasteiger partial charge in [0.1, 0.15) is 11.9 Å². The van der Waals surface area contributed by atoms with E-state index in [1.165, 1.54) is 15.7 Å². The minimum atomic E-state index is -0.723. The molecule has 1 aromatic heterocycles. The van der Waals surface area contributed by atoms with Crippen molar-refractivity contribution in [2.45, 2.75) is 25.4 Å². The topological polar surface area (TPSA) is 116 Å². The van der Waals surface area contributed by atoms with E-state index in [1.54, 1.807) is 36.4 Å². The second-order valence-electron chi connectivity index (χ2n) is 9.89. The van der Waals surface area contributed by atoms with Gasteiger partial charge in [0.05, 0.1) is 16.2 Å². The number of urea groups is 1. The Bertz CT molecular complexity index is 1390. The number of anilines is 2. The summed E-state index contributed by atoms with van der Waals surface area (Å²) in [4.78, 5) is 43.6. The van der Waals surface area contributed by atoms with E-state index in [-0.39, 0.29) is 23.0 Å². The number of benzene rings is 2. The Labute approximate surface area is 231 Å². The number of hydrogen-bond donors (Lipinski definition) is 3. The number of nitrogens with two attached hydrogens (primary N) is 1. The first-order valence-electron chi connectivity index (χ1n) is 12.7. The summed E-state index contributed by atoms with van der Waals surface area (Å²) < 4.78 is 16.1. The van der Waals surface area contributed by atoms with Crippen molar-refractivity contribution in [1.82, 2.24) is 19.7 Å². The van der Waals surface area contributed by atoms with Gasteiger partial charge in [-0.3, -0.25) is 9.36 Å². The maximum atomic E-state index is 14.8. The van der Waals surface area contributed by atoms with Gasteiger partial charge < -0.3 is 31.1 Å². The highest BCUT2D eigenvalue weighted by molar-refractivity contribution is 6.31. The fourth-order valence-corrected chi connectivity index (χ4v) is 4.92. The van der Waals surface area contributed by atoms with Crippen LogP contribution in [0.2, 0.25) is 5.02 Å². The van der Waals surface area contributed by atoms with E-state index in [4.69, 9.17) is 17.3 Å². The Morgan fingerprint density at radius 3 is 2.62 bits per heavy atom. The van der Waals surface area contributed by atoms with Crippen LogP contribution >= 0.6 is 11.6 Å². The number of carbonyl (C=O) groups excluding carboxylic acids is 3. The average molecular weight is 558 g/mol. The monoisotopic (exact) mass is 557 g/mol. The second-order valence-corrected chi connectivity index (χ2v) is 10.3. The number of para-hydroxylation sites is 1. The molecule has 2 heterocycles. The van der Waals surface area contributed by atoms with Crippen molar-refractivity contribution in [3.05, 3.63) is 59.0 Å². The van der Waals surface area contributed by atoms with Crippen LogP contribution in [-0.2, 0) is 11.3 Å². The predicted molar refractivity (Wildman–Crippen MR) is 151 cm³/mol. The van der Waals surface area contributed by atoms with Gasteiger partial charge in [0.2, 0.25) is 5.91 Å². The molecule has 3 aromatic rings. The fraction of sp³-hybridized carbons (Fsp3) is 0.370. The molecule has 0 aliphatic carbocycles. The van der Waals surface area contributed by atoms with Crippen molar-refractivity contribution in [3.63, 3.8) is 0 Å². The lowest BCUT2D eigenvalue weighted by atomic mass is 10.1. The minimum Gasteiger partial charge on any atom is -0.373 e. The van der Waals surface area contributed by atoms with E-state index >= 15 is 0 Å². The second kappa shape index (κ2) is 11.9. The van der Waals surface area contributed by atoms with Gasteiger partial charge in [-0.1, -0.05) is 29.8 Å². The summed E-state index contributed by atoms with van der Waals surface area (Å²) >= 11 is 6.16. The molecule has 1 aliphatic heterocycles. The molecular formula is C27H33ClFN7O3. The number of rotatable bonds is 8. The Balaban J connectivity index is 1.44. The molecule has 0 unspecified atom stereocenters. The van der Waals surface area contributed by atoms with Gasteiger partial charge in [0, 0.05) is 56.1 Å². The van der Waals surface area contributed by atoms with Crippen LogP contribution in [0.25, 0.3) is 10.9 Å². The predicted octanol–water partition coefficient (Wildman–Crippen LogP) is 3.67. The van der Waals surface area contributed by atoms with E-state index in [1.807, 2.05) is 30.9 Å². The molecule has 0 radical (unpaired) electrons. The molecule has 2 aromatic carbocycles. The van der Waals surface area contributed by atoms with Crippen LogP contribution < -0.4 is 21.3 Å². The number of carbonyl (C=O) groups is 3. The number of likely N-dealkylation sites (N-methyl/N-ethyl adjacent to an activating group) is 2. The van der Waals surface area contributed by atoms with Crippen LogP contribution in [0.15, 0.2) is 42.6 Å². The molecule has 12 heteroatoms. The quantitative estimate of drug-likeness (QED) is 0.391. The average Bonchev–Trinajstić information content (AvgIpc) is 3.53. The first kappa shape index (κ1) is 28.2. The molecule has 39 heavy (non-hydrogen) atoms. The summed E-state index contributed by atoms with van der Waals surface area (Å²) in [5, 5.41) is 6.20. The number of hydrogen-bond acceptors (Lipinski definition) is 5. The third-order valence-corrected chi connectivity index (χ3v) is 7.15. The first-order valence-corrected chi connectivity index (χ1v) is 13.0. The van der Waals surface area contributed by atoms with Gasteiger partial charge in [0.25, 0.3) is 0 Å². The standard InChI is InChI=1S/C27H33ClFN7O3/c1-33(2)11-12-34(3)18-13-17(24(29)20(28)14-18)15-31-25(37)23-9-6-10-35(23)27(39)32-21-16-36(26(30)38)22-8-5-4-7-19(21)22/h4-5,7-8,13-14,16,23H,6,9-12,15H2,1-3H3,(H2,30,38)(H,31,37)(H,32,39)/t23-/m0/s1. The van der Waals surface area contributed by atoms with Crippen LogP contribution in [0.3, 0.4) is 0 Å². The molecule has 1 saturated heterocycles. The highest BCUT2D eigenvalue weighted by atomic mass is 35.5. The van der Waals surface area contributed by atoms with Gasteiger partial charge in [-0.2, -0.15) is 0 Å². The van der Waals surface area contributed by atoms with Crippen molar-refractivity contribution in [2.24, 2.45) is 5.73 Å². The smallest absolute Gasteiger partial charge is 0.323 e. The fourth-order valence-electron chi connectivity index (χ4n) is 4.69. The zero-order chi connectivity index (χ0) is 28.3. The number of aromatic nitrogens is 1. The van der Waals surface area contributed by atoms with E-state index in [0.717, 1.165) is 12.2 Å². The van der Waals surface area contributed by atoms with Gasteiger partial charge in [0.15, 0.2) is 0 Å². The summed E-state index contributed by atoms with van der Waals surface area (Å²) in [7, 11) is 5.84. The SMILES string of the molecule is CN(C)CCN(C)c1cc(Cl)c(F)c(CNC(=O)[C@@H]2CCCN2C(=O)Nc2cn(C(N)=O)c3ccccc23)c1. The van der Waals surface area contributed by atoms with Crippen LogP contribution in [0.1, 0.15) is 18.4 Å². The van der Waals surface area contributed by atoms with Crippen molar-refractivity contribution in [2.75, 3.05) is 51.0 Å². The van der Waals surface area contributed by atoms with Gasteiger partial charge >= 0.3 is 12.1 Å². The molecule has 1 aliphatic rings. The summed E-state index contributed by atoms with van der Waals surface area (Å²) in [5.74, 6) is -0.974. The third kappa shape index (κ3) is 6.26. The Hall–Kier alpha value is -3.83. The van der Waals surface area contributed by atoms with Crippen LogP contribution in [0.4, 0.5) is 25.4 Å². The van der Waals surface area contributed by atoms with Gasteiger partial charge in [-0.05, 0) is 45.1 Å². The lowest BCUT2D eigenvalue weighted by Crippen LogP contribution is -2.47. The normalized spacial score (nSPS) is 15.1. The number of nitrogens with zero attached hydrogens (tertiary/aromatic N) is 4. The third-order valence-electron chi connectivity index (χ3n) is 6.87. The molecule has 4 amide bonds. The Morgan fingerprint density at radius 1 is 1.15 bits per heavy atom. The van der Waals surface area contributed by atoms with Crippen LogP contribution in [-0.4, -0.2) is 79.2 Å². The van der Waals surface area contributed by atoms with Gasteiger partial charge in [-0.25, -0.2) is 14.0 Å². The maximum Gasteiger partial charge on any atom is 0.323 e.